The lowest BCUT2D eigenvalue weighted by molar-refractivity contribution is -0.119. The van der Waals surface area contributed by atoms with Gasteiger partial charge in [-0.2, -0.15) is 4.31 Å². The number of benzene rings is 3. The van der Waals surface area contributed by atoms with Gasteiger partial charge in [0.15, 0.2) is 0 Å². The van der Waals surface area contributed by atoms with Crippen molar-refractivity contribution in [1.82, 2.24) is 4.31 Å². The SMILES string of the molecule is CC1Cc2ccccc2N1C(=O)CN(Cc1ccc(Cl)c(Cl)c1)S(=O)(=O)c1ccc(Cl)cc1. The molecule has 0 saturated carbocycles. The number of para-hydroxylation sites is 1. The van der Waals surface area contributed by atoms with Gasteiger partial charge in [-0.05, 0) is 66.9 Å². The fraction of sp³-hybridized carbons (Fsp3) is 0.208. The van der Waals surface area contributed by atoms with Crippen LogP contribution < -0.4 is 4.90 Å². The van der Waals surface area contributed by atoms with Crippen molar-refractivity contribution in [3.63, 3.8) is 0 Å². The number of hydrogen-bond acceptors (Lipinski definition) is 3. The third-order valence-electron chi connectivity index (χ3n) is 5.58. The molecule has 33 heavy (non-hydrogen) atoms. The van der Waals surface area contributed by atoms with Crippen LogP contribution in [0.4, 0.5) is 5.69 Å². The zero-order valence-electron chi connectivity index (χ0n) is 17.7. The molecule has 0 aliphatic carbocycles. The van der Waals surface area contributed by atoms with E-state index < -0.39 is 10.0 Å². The van der Waals surface area contributed by atoms with Crippen LogP contribution in [0.2, 0.25) is 15.1 Å². The highest BCUT2D eigenvalue weighted by Crippen LogP contribution is 2.32. The molecular formula is C24H21Cl3N2O3S. The number of sulfonamides is 1. The quantitative estimate of drug-likeness (QED) is 0.409. The van der Waals surface area contributed by atoms with Gasteiger partial charge in [0.05, 0.1) is 21.5 Å². The molecule has 1 aliphatic rings. The molecular weight excluding hydrogens is 503 g/mol. The van der Waals surface area contributed by atoms with E-state index in [-0.39, 0.29) is 29.9 Å². The predicted molar refractivity (Wildman–Crippen MR) is 133 cm³/mol. The van der Waals surface area contributed by atoms with Crippen LogP contribution in [0, 0.1) is 0 Å². The molecule has 0 spiro atoms. The van der Waals surface area contributed by atoms with Crippen molar-refractivity contribution >= 4 is 56.4 Å². The summed E-state index contributed by atoms with van der Waals surface area (Å²) < 4.78 is 28.2. The average molecular weight is 524 g/mol. The molecule has 0 fully saturated rings. The summed E-state index contributed by atoms with van der Waals surface area (Å²) in [7, 11) is -4.01. The second-order valence-corrected chi connectivity index (χ2v) is 11.1. The minimum Gasteiger partial charge on any atom is -0.308 e. The molecule has 3 aromatic carbocycles. The standard InChI is InChI=1S/C24H21Cl3N2O3S/c1-16-12-18-4-2-3-5-23(18)29(16)24(30)15-28(14-17-6-11-21(26)22(27)13-17)33(31,32)20-9-7-19(25)8-10-20/h2-11,13,16H,12,14-15H2,1H3. The lowest BCUT2D eigenvalue weighted by atomic mass is 10.1. The molecule has 0 bridgehead atoms. The second-order valence-electron chi connectivity index (χ2n) is 7.92. The van der Waals surface area contributed by atoms with Gasteiger partial charge in [-0.25, -0.2) is 8.42 Å². The largest absolute Gasteiger partial charge is 0.308 e. The third-order valence-corrected chi connectivity index (χ3v) is 8.38. The molecule has 3 aromatic rings. The van der Waals surface area contributed by atoms with Crippen LogP contribution in [0.25, 0.3) is 0 Å². The summed E-state index contributed by atoms with van der Waals surface area (Å²) >= 11 is 18.1. The van der Waals surface area contributed by atoms with E-state index in [1.165, 1.54) is 24.3 Å². The monoisotopic (exact) mass is 522 g/mol. The van der Waals surface area contributed by atoms with Gasteiger partial charge in [-0.15, -0.1) is 0 Å². The zero-order valence-corrected chi connectivity index (χ0v) is 20.8. The minimum absolute atomic E-state index is 0.0442. The molecule has 0 saturated heterocycles. The molecule has 9 heteroatoms. The van der Waals surface area contributed by atoms with Crippen molar-refractivity contribution < 1.29 is 13.2 Å². The Morgan fingerprint density at radius 3 is 2.39 bits per heavy atom. The van der Waals surface area contributed by atoms with E-state index in [1.807, 2.05) is 31.2 Å². The average Bonchev–Trinajstić information content (AvgIpc) is 3.11. The normalized spacial score (nSPS) is 15.7. The number of hydrogen-bond donors (Lipinski definition) is 0. The van der Waals surface area contributed by atoms with Gasteiger partial charge >= 0.3 is 0 Å². The summed E-state index contributed by atoms with van der Waals surface area (Å²) in [6.07, 6.45) is 0.721. The molecule has 0 N–H and O–H groups in total. The number of carbonyl (C=O) groups excluding carboxylic acids is 1. The molecule has 0 radical (unpaired) electrons. The first kappa shape index (κ1) is 24.0. The Bertz CT molecular complexity index is 1300. The van der Waals surface area contributed by atoms with Crippen LogP contribution in [0.3, 0.4) is 0 Å². The van der Waals surface area contributed by atoms with E-state index in [0.29, 0.717) is 20.6 Å². The summed E-state index contributed by atoms with van der Waals surface area (Å²) in [5, 5.41) is 1.10. The molecule has 4 rings (SSSR count). The summed E-state index contributed by atoms with van der Waals surface area (Å²) in [6.45, 7) is 1.58. The number of fused-ring (bicyclic) bond motifs is 1. The molecule has 1 amide bonds. The zero-order chi connectivity index (χ0) is 23.8. The summed E-state index contributed by atoms with van der Waals surface area (Å²) in [5.41, 5.74) is 2.49. The highest BCUT2D eigenvalue weighted by molar-refractivity contribution is 7.89. The Balaban J connectivity index is 1.68. The minimum atomic E-state index is -4.01. The molecule has 5 nitrogen and oxygen atoms in total. The van der Waals surface area contributed by atoms with Gasteiger partial charge < -0.3 is 4.90 Å². The van der Waals surface area contributed by atoms with Crippen LogP contribution in [0.5, 0.6) is 0 Å². The molecule has 1 unspecified atom stereocenters. The van der Waals surface area contributed by atoms with Gasteiger partial charge in [0.25, 0.3) is 0 Å². The molecule has 1 heterocycles. The van der Waals surface area contributed by atoms with Crippen molar-refractivity contribution in [1.29, 1.82) is 0 Å². The Labute approximate surface area is 208 Å². The van der Waals surface area contributed by atoms with Gasteiger partial charge in [-0.1, -0.05) is 59.1 Å². The highest BCUT2D eigenvalue weighted by atomic mass is 35.5. The molecule has 0 aromatic heterocycles. The van der Waals surface area contributed by atoms with Gasteiger partial charge in [0.1, 0.15) is 0 Å². The Morgan fingerprint density at radius 2 is 1.70 bits per heavy atom. The van der Waals surface area contributed by atoms with Gasteiger partial charge in [0, 0.05) is 23.3 Å². The summed E-state index contributed by atoms with van der Waals surface area (Å²) in [4.78, 5) is 15.1. The van der Waals surface area contributed by atoms with Crippen molar-refractivity contribution in [2.75, 3.05) is 11.4 Å². The van der Waals surface area contributed by atoms with Crippen molar-refractivity contribution in [2.24, 2.45) is 0 Å². The van der Waals surface area contributed by atoms with Gasteiger partial charge in [-0.3, -0.25) is 4.79 Å². The first-order valence-corrected chi connectivity index (χ1v) is 12.8. The Kier molecular flexibility index (Phi) is 7.03. The number of anilines is 1. The van der Waals surface area contributed by atoms with E-state index in [1.54, 1.807) is 23.1 Å². The van der Waals surface area contributed by atoms with E-state index >= 15 is 0 Å². The van der Waals surface area contributed by atoms with E-state index in [4.69, 9.17) is 34.8 Å². The Morgan fingerprint density at radius 1 is 1.00 bits per heavy atom. The van der Waals surface area contributed by atoms with Crippen molar-refractivity contribution in [2.45, 2.75) is 30.8 Å². The van der Waals surface area contributed by atoms with Crippen LogP contribution >= 0.6 is 34.8 Å². The fourth-order valence-electron chi connectivity index (χ4n) is 4.00. The maximum Gasteiger partial charge on any atom is 0.243 e. The summed E-state index contributed by atoms with van der Waals surface area (Å²) in [5.74, 6) is -0.301. The number of halogens is 3. The van der Waals surface area contributed by atoms with Gasteiger partial charge in [0.2, 0.25) is 15.9 Å². The van der Waals surface area contributed by atoms with E-state index in [0.717, 1.165) is 22.0 Å². The first-order chi connectivity index (χ1) is 15.7. The second kappa shape index (κ2) is 9.65. The van der Waals surface area contributed by atoms with Crippen LogP contribution in [-0.2, 0) is 27.8 Å². The lowest BCUT2D eigenvalue weighted by Gasteiger charge is -2.27. The number of nitrogens with zero attached hydrogens (tertiary/aromatic N) is 2. The number of amides is 1. The van der Waals surface area contributed by atoms with Crippen LogP contribution in [-0.4, -0.2) is 31.2 Å². The maximum absolute atomic E-state index is 13.5. The number of rotatable bonds is 6. The molecule has 1 atom stereocenters. The van der Waals surface area contributed by atoms with Crippen molar-refractivity contribution in [3.8, 4) is 0 Å². The fourth-order valence-corrected chi connectivity index (χ4v) is 5.82. The predicted octanol–water partition coefficient (Wildman–Crippen LogP) is 5.82. The smallest absolute Gasteiger partial charge is 0.243 e. The first-order valence-electron chi connectivity index (χ1n) is 10.3. The highest BCUT2D eigenvalue weighted by Gasteiger charge is 2.34. The van der Waals surface area contributed by atoms with E-state index in [9.17, 15) is 13.2 Å². The topological polar surface area (TPSA) is 57.7 Å². The maximum atomic E-state index is 13.5. The number of carbonyl (C=O) groups is 1. The third kappa shape index (κ3) is 5.05. The Hall–Kier alpha value is -2.09. The van der Waals surface area contributed by atoms with Crippen LogP contribution in [0.15, 0.2) is 71.6 Å². The summed E-state index contributed by atoms with van der Waals surface area (Å²) in [6, 6.07) is 18.4. The lowest BCUT2D eigenvalue weighted by Crippen LogP contribution is -2.44. The molecule has 1 aliphatic heterocycles. The van der Waals surface area contributed by atoms with Crippen molar-refractivity contribution in [3.05, 3.63) is 92.9 Å². The molecule has 172 valence electrons. The van der Waals surface area contributed by atoms with E-state index in [2.05, 4.69) is 0 Å². The van der Waals surface area contributed by atoms with Crippen LogP contribution in [0.1, 0.15) is 18.1 Å².